The third-order valence-corrected chi connectivity index (χ3v) is 6.31. The highest BCUT2D eigenvalue weighted by molar-refractivity contribution is 7.91. The number of hydrogen-bond acceptors (Lipinski definition) is 6. The smallest absolute Gasteiger partial charge is 0.264 e. The number of thiophene rings is 1. The number of aromatic amines is 1. The van der Waals surface area contributed by atoms with Crippen LogP contribution in [0.15, 0.2) is 56.1 Å². The largest absolute Gasteiger partial charge is 0.469 e. The fourth-order valence-electron chi connectivity index (χ4n) is 2.08. The predicted molar refractivity (Wildman–Crippen MR) is 90.4 cm³/mol. The average Bonchev–Trinajstić information content (AvgIpc) is 3.24. The van der Waals surface area contributed by atoms with E-state index in [1.165, 1.54) is 12.1 Å². The summed E-state index contributed by atoms with van der Waals surface area (Å²) in [5.41, 5.74) is 0.222. The number of sulfonamides is 1. The van der Waals surface area contributed by atoms with Crippen LogP contribution < -0.4 is 10.3 Å². The lowest BCUT2D eigenvalue weighted by Crippen LogP contribution is -2.24. The minimum atomic E-state index is -3.56. The average molecular weight is 365 g/mol. The maximum absolute atomic E-state index is 12.3. The van der Waals surface area contributed by atoms with Gasteiger partial charge in [-0.25, -0.2) is 18.2 Å². The molecule has 0 atom stereocenters. The first-order valence-corrected chi connectivity index (χ1v) is 9.52. The topological polar surface area (TPSA) is 105 Å². The fourth-order valence-corrected chi connectivity index (χ4v) is 4.47. The van der Waals surface area contributed by atoms with Gasteiger partial charge in [-0.05, 0) is 36.8 Å². The van der Waals surface area contributed by atoms with Crippen LogP contribution in [0.5, 0.6) is 0 Å². The molecule has 0 spiro atoms. The van der Waals surface area contributed by atoms with Crippen molar-refractivity contribution in [2.24, 2.45) is 0 Å². The maximum atomic E-state index is 12.3. The molecule has 24 heavy (non-hydrogen) atoms. The number of hydrogen-bond donors (Lipinski definition) is 2. The predicted octanol–water partition coefficient (Wildman–Crippen LogP) is 2.00. The summed E-state index contributed by atoms with van der Waals surface area (Å²) in [6, 6.07) is 9.76. The van der Waals surface area contributed by atoms with E-state index in [4.69, 9.17) is 4.42 Å². The van der Waals surface area contributed by atoms with Gasteiger partial charge in [-0.15, -0.1) is 11.3 Å². The second-order valence-corrected chi connectivity index (χ2v) is 8.08. The minimum absolute atomic E-state index is 0.212. The third-order valence-electron chi connectivity index (χ3n) is 3.25. The standard InChI is InChI=1S/C15H15N3O4S2/c19-14-7-5-12(17-18-14)13-6-8-15(23-13)24(20,21)16-9-1-3-11-4-2-10-22-11/h2,4-8,10,16H,1,3,9H2,(H,18,19). The molecule has 0 aliphatic rings. The molecule has 3 aromatic rings. The van der Waals surface area contributed by atoms with Crippen LogP contribution in [-0.2, 0) is 16.4 Å². The van der Waals surface area contributed by atoms with Crippen LogP contribution >= 0.6 is 11.3 Å². The summed E-state index contributed by atoms with van der Waals surface area (Å²) in [5.74, 6) is 0.830. The lowest BCUT2D eigenvalue weighted by molar-refractivity contribution is 0.500. The summed E-state index contributed by atoms with van der Waals surface area (Å²) in [6.45, 7) is 0.327. The quantitative estimate of drug-likeness (QED) is 0.623. The van der Waals surface area contributed by atoms with E-state index in [1.54, 1.807) is 24.5 Å². The van der Waals surface area contributed by atoms with Gasteiger partial charge in [0.25, 0.3) is 5.56 Å². The molecule has 0 bridgehead atoms. The summed E-state index contributed by atoms with van der Waals surface area (Å²) < 4.78 is 32.6. The highest BCUT2D eigenvalue weighted by Gasteiger charge is 2.17. The second kappa shape index (κ2) is 7.12. The minimum Gasteiger partial charge on any atom is -0.469 e. The van der Waals surface area contributed by atoms with E-state index in [-0.39, 0.29) is 9.77 Å². The second-order valence-electron chi connectivity index (χ2n) is 5.01. The highest BCUT2D eigenvalue weighted by Crippen LogP contribution is 2.28. The maximum Gasteiger partial charge on any atom is 0.264 e. The summed E-state index contributed by atoms with van der Waals surface area (Å²) in [5, 5.41) is 6.22. The lowest BCUT2D eigenvalue weighted by atomic mass is 10.2. The van der Waals surface area contributed by atoms with Crippen LogP contribution in [0.3, 0.4) is 0 Å². The first kappa shape index (κ1) is 16.6. The van der Waals surface area contributed by atoms with Gasteiger partial charge in [0.05, 0.1) is 11.1 Å². The van der Waals surface area contributed by atoms with Gasteiger partial charge in [0.15, 0.2) is 0 Å². The zero-order valence-electron chi connectivity index (χ0n) is 12.6. The van der Waals surface area contributed by atoms with E-state index < -0.39 is 10.0 Å². The van der Waals surface area contributed by atoms with Crippen LogP contribution in [0.4, 0.5) is 0 Å². The molecule has 3 aromatic heterocycles. The third kappa shape index (κ3) is 3.99. The van der Waals surface area contributed by atoms with Crippen molar-refractivity contribution in [1.82, 2.24) is 14.9 Å². The molecule has 0 radical (unpaired) electrons. The normalized spacial score (nSPS) is 11.7. The summed E-state index contributed by atoms with van der Waals surface area (Å²) in [4.78, 5) is 11.7. The van der Waals surface area contributed by atoms with Gasteiger partial charge in [-0.3, -0.25) is 4.79 Å². The van der Waals surface area contributed by atoms with Gasteiger partial charge in [0.2, 0.25) is 10.0 Å². The number of rotatable bonds is 7. The van der Waals surface area contributed by atoms with Crippen molar-refractivity contribution in [3.8, 4) is 10.6 Å². The number of H-pyrrole nitrogens is 1. The van der Waals surface area contributed by atoms with Crippen molar-refractivity contribution in [2.75, 3.05) is 6.54 Å². The molecule has 126 valence electrons. The molecule has 2 N–H and O–H groups in total. The van der Waals surface area contributed by atoms with Crippen molar-refractivity contribution in [1.29, 1.82) is 0 Å². The molecule has 0 saturated heterocycles. The molecule has 0 unspecified atom stereocenters. The Morgan fingerprint density at radius 3 is 2.79 bits per heavy atom. The molecule has 0 aliphatic carbocycles. The van der Waals surface area contributed by atoms with Gasteiger partial charge in [0, 0.05) is 19.0 Å². The van der Waals surface area contributed by atoms with Gasteiger partial charge >= 0.3 is 0 Å². The van der Waals surface area contributed by atoms with Crippen molar-refractivity contribution in [3.05, 3.63) is 58.8 Å². The Kier molecular flexibility index (Phi) is 4.93. The lowest BCUT2D eigenvalue weighted by Gasteiger charge is -2.03. The number of furan rings is 1. The Balaban J connectivity index is 1.62. The Morgan fingerprint density at radius 2 is 2.08 bits per heavy atom. The molecule has 0 aromatic carbocycles. The zero-order chi connectivity index (χ0) is 17.0. The van der Waals surface area contributed by atoms with Crippen LogP contribution in [0.1, 0.15) is 12.2 Å². The van der Waals surface area contributed by atoms with Crippen LogP contribution in [0.25, 0.3) is 10.6 Å². The van der Waals surface area contributed by atoms with Crippen LogP contribution in [0.2, 0.25) is 0 Å². The number of nitrogens with one attached hydrogen (secondary N) is 2. The molecule has 9 heteroatoms. The monoisotopic (exact) mass is 365 g/mol. The molecular weight excluding hydrogens is 350 g/mol. The van der Waals surface area contributed by atoms with E-state index in [1.807, 2.05) is 6.07 Å². The summed E-state index contributed by atoms with van der Waals surface area (Å²) in [7, 11) is -3.56. The van der Waals surface area contributed by atoms with Crippen LogP contribution in [-0.4, -0.2) is 25.2 Å². The Hall–Kier alpha value is -2.23. The van der Waals surface area contributed by atoms with Gasteiger partial charge < -0.3 is 4.42 Å². The van der Waals surface area contributed by atoms with Crippen molar-refractivity contribution < 1.29 is 12.8 Å². The van der Waals surface area contributed by atoms with E-state index >= 15 is 0 Å². The van der Waals surface area contributed by atoms with Gasteiger partial charge in [-0.2, -0.15) is 5.10 Å². The molecule has 0 saturated carbocycles. The van der Waals surface area contributed by atoms with E-state index in [2.05, 4.69) is 14.9 Å². The van der Waals surface area contributed by atoms with E-state index in [9.17, 15) is 13.2 Å². The molecule has 7 nitrogen and oxygen atoms in total. The van der Waals surface area contributed by atoms with E-state index in [0.717, 1.165) is 17.1 Å². The molecular formula is C15H15N3O4S2. The van der Waals surface area contributed by atoms with Crippen molar-refractivity contribution >= 4 is 21.4 Å². The molecule has 0 aliphatic heterocycles. The zero-order valence-corrected chi connectivity index (χ0v) is 14.2. The van der Waals surface area contributed by atoms with Crippen molar-refractivity contribution in [2.45, 2.75) is 17.1 Å². The number of aryl methyl sites for hydroxylation is 1. The molecule has 3 rings (SSSR count). The molecule has 3 heterocycles. The van der Waals surface area contributed by atoms with Gasteiger partial charge in [0.1, 0.15) is 15.7 Å². The molecule has 0 fully saturated rings. The van der Waals surface area contributed by atoms with Gasteiger partial charge in [-0.1, -0.05) is 0 Å². The fraction of sp³-hybridized carbons (Fsp3) is 0.200. The summed E-state index contributed by atoms with van der Waals surface area (Å²) >= 11 is 1.10. The SMILES string of the molecule is O=c1ccc(-c2ccc(S(=O)(=O)NCCCc3ccco3)s2)n[nH]1. The first-order valence-electron chi connectivity index (χ1n) is 7.22. The highest BCUT2D eigenvalue weighted by atomic mass is 32.2. The Labute approximate surface area is 142 Å². The van der Waals surface area contributed by atoms with Crippen molar-refractivity contribution in [3.63, 3.8) is 0 Å². The Morgan fingerprint density at radius 1 is 1.21 bits per heavy atom. The van der Waals surface area contributed by atoms with Crippen LogP contribution in [0, 0.1) is 0 Å². The summed E-state index contributed by atoms with van der Waals surface area (Å²) in [6.07, 6.45) is 2.91. The number of nitrogens with zero attached hydrogens (tertiary/aromatic N) is 1. The Bertz CT molecular complexity index is 938. The van der Waals surface area contributed by atoms with E-state index in [0.29, 0.717) is 30.0 Å². The number of aromatic nitrogens is 2. The first-order chi connectivity index (χ1) is 11.5. The molecule has 0 amide bonds.